The molecule has 130 valence electrons. The van der Waals surface area contributed by atoms with Crippen molar-refractivity contribution < 1.29 is 24.1 Å². The van der Waals surface area contributed by atoms with Crippen LogP contribution in [-0.4, -0.2) is 40.9 Å². The summed E-state index contributed by atoms with van der Waals surface area (Å²) < 4.78 is 17.1. The molecule has 0 amide bonds. The van der Waals surface area contributed by atoms with Gasteiger partial charge in [0.25, 0.3) is 0 Å². The third kappa shape index (κ3) is 3.43. The molecule has 3 aliphatic rings. The molecule has 0 aliphatic carbocycles. The highest BCUT2D eigenvalue weighted by Crippen LogP contribution is 2.40. The molecule has 6 heteroatoms. The van der Waals surface area contributed by atoms with E-state index in [2.05, 4.69) is 0 Å². The molecule has 0 aromatic heterocycles. The number of ether oxygens (including phenoxy) is 3. The largest absolute Gasteiger partial charge is 0.454 e. The minimum Gasteiger partial charge on any atom is -0.454 e. The molecule has 0 saturated carbocycles. The normalized spacial score (nSPS) is 30.9. The summed E-state index contributed by atoms with van der Waals surface area (Å²) in [5.74, 6) is -0.526. The van der Waals surface area contributed by atoms with E-state index < -0.39 is 35.8 Å². The fraction of sp³-hybridized carbons (Fsp3) is 0.316. The van der Waals surface area contributed by atoms with E-state index in [1.54, 1.807) is 0 Å². The molecule has 5 atom stereocenters. The molecule has 1 unspecified atom stereocenters. The van der Waals surface area contributed by atoms with Crippen LogP contribution >= 0.6 is 11.8 Å². The van der Waals surface area contributed by atoms with Gasteiger partial charge in [0.2, 0.25) is 0 Å². The minimum atomic E-state index is -1.03. The van der Waals surface area contributed by atoms with Crippen LogP contribution in [0.3, 0.4) is 0 Å². The molecule has 2 aromatic carbocycles. The van der Waals surface area contributed by atoms with E-state index in [-0.39, 0.29) is 0 Å². The Morgan fingerprint density at radius 1 is 1.04 bits per heavy atom. The number of carbonyl (C=O) groups is 1. The zero-order valence-electron chi connectivity index (χ0n) is 13.4. The van der Waals surface area contributed by atoms with Crippen molar-refractivity contribution in [2.24, 2.45) is 0 Å². The van der Waals surface area contributed by atoms with Crippen molar-refractivity contribution in [2.45, 2.75) is 41.4 Å². The first-order valence-electron chi connectivity index (χ1n) is 8.13. The van der Waals surface area contributed by atoms with E-state index in [0.29, 0.717) is 6.61 Å². The predicted molar refractivity (Wildman–Crippen MR) is 91.9 cm³/mol. The number of hydrogen-bond acceptors (Lipinski definition) is 6. The number of esters is 1. The number of aliphatic hydroxyl groups excluding tert-OH is 1. The van der Waals surface area contributed by atoms with Crippen molar-refractivity contribution in [1.82, 2.24) is 0 Å². The van der Waals surface area contributed by atoms with Crippen molar-refractivity contribution in [2.75, 3.05) is 0 Å². The maximum atomic E-state index is 11.9. The van der Waals surface area contributed by atoms with Gasteiger partial charge in [-0.05, 0) is 17.7 Å². The average molecular weight is 358 g/mol. The van der Waals surface area contributed by atoms with Crippen LogP contribution in [0.5, 0.6) is 0 Å². The highest BCUT2D eigenvalue weighted by Gasteiger charge is 2.56. The Kier molecular flexibility index (Phi) is 4.76. The molecule has 2 bridgehead atoms. The lowest BCUT2D eigenvalue weighted by atomic mass is 9.96. The van der Waals surface area contributed by atoms with Crippen molar-refractivity contribution in [3.63, 3.8) is 0 Å². The van der Waals surface area contributed by atoms with Crippen LogP contribution < -0.4 is 0 Å². The molecule has 3 heterocycles. The first-order valence-corrected chi connectivity index (χ1v) is 9.01. The van der Waals surface area contributed by atoms with Gasteiger partial charge in [-0.1, -0.05) is 60.3 Å². The van der Waals surface area contributed by atoms with Crippen LogP contribution in [0, 0.1) is 0 Å². The summed E-state index contributed by atoms with van der Waals surface area (Å²) in [5.41, 5.74) is 0.588. The van der Waals surface area contributed by atoms with Gasteiger partial charge in [-0.3, -0.25) is 0 Å². The molecule has 0 radical (unpaired) electrons. The summed E-state index contributed by atoms with van der Waals surface area (Å²) in [5, 5.41) is 10.4. The highest BCUT2D eigenvalue weighted by atomic mass is 32.2. The van der Waals surface area contributed by atoms with Crippen LogP contribution in [0.2, 0.25) is 0 Å². The lowest BCUT2D eigenvalue weighted by molar-refractivity contribution is -0.268. The Labute approximate surface area is 149 Å². The molecule has 1 N–H and O–H groups in total. The van der Waals surface area contributed by atoms with E-state index in [1.165, 1.54) is 11.8 Å². The maximum Gasteiger partial charge on any atom is 0.338 e. The van der Waals surface area contributed by atoms with Crippen molar-refractivity contribution in [3.05, 3.63) is 66.2 Å². The quantitative estimate of drug-likeness (QED) is 0.828. The average Bonchev–Trinajstić information content (AvgIpc) is 2.64. The fourth-order valence-electron chi connectivity index (χ4n) is 3.03. The zero-order valence-corrected chi connectivity index (χ0v) is 14.2. The Bertz CT molecular complexity index is 723. The summed E-state index contributed by atoms with van der Waals surface area (Å²) in [6, 6.07) is 19.4. The second-order valence-corrected chi connectivity index (χ2v) is 7.18. The zero-order chi connectivity index (χ0) is 17.2. The Morgan fingerprint density at radius 2 is 1.72 bits per heavy atom. The molecule has 0 spiro atoms. The van der Waals surface area contributed by atoms with Crippen LogP contribution in [-0.2, 0) is 25.6 Å². The number of benzene rings is 2. The van der Waals surface area contributed by atoms with E-state index >= 15 is 0 Å². The van der Waals surface area contributed by atoms with E-state index in [1.807, 2.05) is 60.7 Å². The summed E-state index contributed by atoms with van der Waals surface area (Å²) in [6.07, 6.45) is -3.30. The summed E-state index contributed by atoms with van der Waals surface area (Å²) >= 11 is 1.47. The van der Waals surface area contributed by atoms with E-state index in [0.717, 1.165) is 10.5 Å². The first kappa shape index (κ1) is 16.6. The number of carbonyl (C=O) groups excluding carboxylic acids is 1. The number of aliphatic hydroxyl groups is 1. The lowest BCUT2D eigenvalue weighted by Crippen LogP contribution is -2.66. The Balaban J connectivity index is 1.49. The summed E-state index contributed by atoms with van der Waals surface area (Å²) in [6.45, 7) is 0.339. The van der Waals surface area contributed by atoms with E-state index in [9.17, 15) is 9.90 Å². The summed E-state index contributed by atoms with van der Waals surface area (Å²) in [4.78, 5) is 12.9. The number of fused-ring (bicyclic) bond motifs is 3. The Morgan fingerprint density at radius 3 is 2.44 bits per heavy atom. The highest BCUT2D eigenvalue weighted by molar-refractivity contribution is 7.99. The molecule has 5 rings (SSSR count). The number of hydrogen-bond donors (Lipinski definition) is 1. The first-order chi connectivity index (χ1) is 12.2. The minimum absolute atomic E-state index is 0.339. The maximum absolute atomic E-state index is 11.9. The van der Waals surface area contributed by atoms with Gasteiger partial charge in [0.05, 0.1) is 6.61 Å². The van der Waals surface area contributed by atoms with Crippen LogP contribution in [0.4, 0.5) is 0 Å². The van der Waals surface area contributed by atoms with Gasteiger partial charge in [0.1, 0.15) is 17.6 Å². The smallest absolute Gasteiger partial charge is 0.338 e. The standard InChI is InChI=1S/C19H18O5S/c20-14-15(22-11-12-7-3-1-4-8-12)17-19(24-16(14)18(21)23-17)25-13-9-5-2-6-10-13/h1-10,14-17,19-20H,11H2/t14-,15-,16-,17-,19?/m1/s1. The lowest BCUT2D eigenvalue weighted by Gasteiger charge is -2.47. The van der Waals surface area contributed by atoms with Crippen molar-refractivity contribution in [3.8, 4) is 0 Å². The van der Waals surface area contributed by atoms with Gasteiger partial charge < -0.3 is 19.3 Å². The second kappa shape index (κ2) is 7.17. The number of thioether (sulfide) groups is 1. The monoisotopic (exact) mass is 358 g/mol. The molecule has 5 nitrogen and oxygen atoms in total. The molecule has 3 saturated heterocycles. The second-order valence-electron chi connectivity index (χ2n) is 6.01. The topological polar surface area (TPSA) is 65.0 Å². The van der Waals surface area contributed by atoms with Gasteiger partial charge >= 0.3 is 5.97 Å². The molecule has 3 aliphatic heterocycles. The summed E-state index contributed by atoms with van der Waals surface area (Å²) in [7, 11) is 0. The predicted octanol–water partition coefficient (Wildman–Crippen LogP) is 2.38. The van der Waals surface area contributed by atoms with Crippen LogP contribution in [0.25, 0.3) is 0 Å². The van der Waals surface area contributed by atoms with Gasteiger partial charge in [-0.15, -0.1) is 0 Å². The van der Waals surface area contributed by atoms with Gasteiger partial charge in [-0.25, -0.2) is 4.79 Å². The molecular weight excluding hydrogens is 340 g/mol. The van der Waals surface area contributed by atoms with E-state index in [4.69, 9.17) is 14.2 Å². The van der Waals surface area contributed by atoms with Crippen molar-refractivity contribution >= 4 is 17.7 Å². The molecular formula is C19H18O5S. The molecule has 25 heavy (non-hydrogen) atoms. The van der Waals surface area contributed by atoms with Crippen molar-refractivity contribution in [1.29, 1.82) is 0 Å². The third-order valence-corrected chi connectivity index (χ3v) is 5.44. The third-order valence-electron chi connectivity index (χ3n) is 4.28. The molecule has 3 fully saturated rings. The van der Waals surface area contributed by atoms with Gasteiger partial charge in [-0.2, -0.15) is 0 Å². The Hall–Kier alpha value is -1.86. The van der Waals surface area contributed by atoms with Gasteiger partial charge in [0.15, 0.2) is 12.2 Å². The van der Waals surface area contributed by atoms with Crippen LogP contribution in [0.1, 0.15) is 5.56 Å². The SMILES string of the molecule is O=C1O[C@H]2C(Sc3ccccc3)O[C@@H]1[C@H](O)[C@H]2OCc1ccccc1. The van der Waals surface area contributed by atoms with Crippen LogP contribution in [0.15, 0.2) is 65.6 Å². The molecule has 2 aromatic rings. The fourth-order valence-corrected chi connectivity index (χ4v) is 4.13. The number of rotatable bonds is 5. The van der Waals surface area contributed by atoms with Gasteiger partial charge in [0, 0.05) is 4.90 Å².